The maximum Gasteiger partial charge on any atom is 0.239 e. The zero-order valence-corrected chi connectivity index (χ0v) is 20.9. The minimum absolute atomic E-state index is 0.0277. The largest absolute Gasteiger partial charge is 0.482 e. The molecule has 1 amide bonds. The normalized spacial score (nSPS) is 16.2. The maximum absolute atomic E-state index is 14.0. The lowest BCUT2D eigenvalue weighted by molar-refractivity contribution is -0.133. The van der Waals surface area contributed by atoms with E-state index < -0.39 is 18.0 Å². The number of amides is 1. The standard InChI is InChI=1S/C24H27Cl2FN6O2/c1-13(28)24(34)32-7-5-17(6-8-32)33-12-16(11-31-33)15-9-20(23(29)30-10-15)35-14(2)21-18(25)3-4-19(27)22(21)26/h3-4,9-14,17H,5-8,28H2,1-2H3,(H2,29,30)/t13-,14-/m1/s1. The molecule has 0 spiro atoms. The van der Waals surface area contributed by atoms with Gasteiger partial charge in [-0.2, -0.15) is 5.10 Å². The van der Waals surface area contributed by atoms with Crippen LogP contribution in [-0.4, -0.2) is 44.7 Å². The second-order valence-electron chi connectivity index (χ2n) is 8.68. The highest BCUT2D eigenvalue weighted by Gasteiger charge is 2.26. The zero-order chi connectivity index (χ0) is 25.3. The molecule has 1 aromatic carbocycles. The highest BCUT2D eigenvalue weighted by molar-refractivity contribution is 6.36. The molecule has 4 rings (SSSR count). The Balaban J connectivity index is 1.49. The molecule has 186 valence electrons. The molecule has 11 heteroatoms. The van der Waals surface area contributed by atoms with Crippen LogP contribution in [0.25, 0.3) is 11.1 Å². The Bertz CT molecular complexity index is 1230. The Kier molecular flexibility index (Phi) is 7.49. The molecular weight excluding hydrogens is 494 g/mol. The van der Waals surface area contributed by atoms with Crippen molar-refractivity contribution in [2.24, 2.45) is 5.73 Å². The highest BCUT2D eigenvalue weighted by Crippen LogP contribution is 2.37. The van der Waals surface area contributed by atoms with E-state index in [1.807, 2.05) is 10.9 Å². The van der Waals surface area contributed by atoms with Gasteiger partial charge < -0.3 is 21.1 Å². The fraction of sp³-hybridized carbons (Fsp3) is 0.375. The van der Waals surface area contributed by atoms with E-state index >= 15 is 0 Å². The number of carbonyl (C=O) groups is 1. The molecule has 3 aromatic rings. The molecule has 1 aliphatic rings. The lowest BCUT2D eigenvalue weighted by Gasteiger charge is -2.33. The van der Waals surface area contributed by atoms with Crippen LogP contribution in [0.4, 0.5) is 10.2 Å². The van der Waals surface area contributed by atoms with Gasteiger partial charge in [-0.3, -0.25) is 9.48 Å². The number of hydrogen-bond donors (Lipinski definition) is 2. The Labute approximate surface area is 213 Å². The van der Waals surface area contributed by atoms with E-state index in [0.717, 1.165) is 24.0 Å². The highest BCUT2D eigenvalue weighted by atomic mass is 35.5. The molecule has 3 heterocycles. The van der Waals surface area contributed by atoms with Crippen LogP contribution in [0, 0.1) is 5.82 Å². The summed E-state index contributed by atoms with van der Waals surface area (Å²) in [6.07, 6.45) is 6.24. The Morgan fingerprint density at radius 2 is 1.91 bits per heavy atom. The SMILES string of the molecule is C[C@@H](N)C(=O)N1CCC(n2cc(-c3cnc(N)c(O[C@H](C)c4c(Cl)ccc(F)c4Cl)c3)cn2)CC1. The summed E-state index contributed by atoms with van der Waals surface area (Å²) in [5.74, 6) is -0.105. The number of halogens is 3. The molecule has 2 aromatic heterocycles. The first-order valence-electron chi connectivity index (χ1n) is 11.3. The number of nitrogens with zero attached hydrogens (tertiary/aromatic N) is 4. The number of pyridine rings is 1. The number of nitrogen functional groups attached to an aromatic ring is 1. The first kappa shape index (κ1) is 25.2. The molecule has 1 fully saturated rings. The summed E-state index contributed by atoms with van der Waals surface area (Å²) < 4.78 is 21.9. The van der Waals surface area contributed by atoms with E-state index in [1.54, 1.807) is 37.2 Å². The first-order chi connectivity index (χ1) is 16.7. The summed E-state index contributed by atoms with van der Waals surface area (Å²) in [6, 6.07) is 4.07. The quantitative estimate of drug-likeness (QED) is 0.458. The van der Waals surface area contributed by atoms with E-state index in [9.17, 15) is 9.18 Å². The average Bonchev–Trinajstić information content (AvgIpc) is 3.33. The number of likely N-dealkylation sites (tertiary alicyclic amines) is 1. The molecule has 8 nitrogen and oxygen atoms in total. The number of benzene rings is 1. The van der Waals surface area contributed by atoms with Gasteiger partial charge in [-0.25, -0.2) is 9.37 Å². The van der Waals surface area contributed by atoms with Crippen molar-refractivity contribution < 1.29 is 13.9 Å². The molecule has 4 N–H and O–H groups in total. The van der Waals surface area contributed by atoms with Gasteiger partial charge >= 0.3 is 0 Å². The molecule has 1 saturated heterocycles. The molecule has 0 saturated carbocycles. The van der Waals surface area contributed by atoms with Crippen LogP contribution in [0.5, 0.6) is 5.75 Å². The van der Waals surface area contributed by atoms with Gasteiger partial charge in [0.05, 0.1) is 23.3 Å². The smallest absolute Gasteiger partial charge is 0.239 e. The Morgan fingerprint density at radius 3 is 2.60 bits per heavy atom. The van der Waals surface area contributed by atoms with Gasteiger partial charge in [0, 0.05) is 47.2 Å². The van der Waals surface area contributed by atoms with Crippen LogP contribution >= 0.6 is 23.2 Å². The number of anilines is 1. The third kappa shape index (κ3) is 5.37. The summed E-state index contributed by atoms with van der Waals surface area (Å²) in [5, 5.41) is 4.73. The minimum atomic E-state index is -0.670. The van der Waals surface area contributed by atoms with Crippen LogP contribution in [0.2, 0.25) is 10.0 Å². The molecule has 0 unspecified atom stereocenters. The molecule has 0 bridgehead atoms. The predicted molar refractivity (Wildman–Crippen MR) is 134 cm³/mol. The van der Waals surface area contributed by atoms with Gasteiger partial charge in [-0.15, -0.1) is 0 Å². The fourth-order valence-electron chi connectivity index (χ4n) is 4.20. The lowest BCUT2D eigenvalue weighted by atomic mass is 10.0. The fourth-order valence-corrected chi connectivity index (χ4v) is 4.88. The van der Waals surface area contributed by atoms with Crippen LogP contribution in [0.15, 0.2) is 36.8 Å². The summed E-state index contributed by atoms with van der Waals surface area (Å²) in [7, 11) is 0. The van der Waals surface area contributed by atoms with Crippen molar-refractivity contribution in [3.8, 4) is 16.9 Å². The second-order valence-corrected chi connectivity index (χ2v) is 9.46. The van der Waals surface area contributed by atoms with Gasteiger partial charge in [-0.05, 0) is 44.9 Å². The average molecular weight is 521 g/mol. The second kappa shape index (κ2) is 10.4. The van der Waals surface area contributed by atoms with Crippen molar-refractivity contribution in [1.82, 2.24) is 19.7 Å². The summed E-state index contributed by atoms with van der Waals surface area (Å²) in [6.45, 7) is 4.70. The van der Waals surface area contributed by atoms with Crippen molar-refractivity contribution in [1.29, 1.82) is 0 Å². The molecular formula is C24H27Cl2FN6O2. The number of carbonyl (C=O) groups excluding carboxylic acids is 1. The lowest BCUT2D eigenvalue weighted by Crippen LogP contribution is -2.46. The van der Waals surface area contributed by atoms with Crippen LogP contribution in [0.3, 0.4) is 0 Å². The van der Waals surface area contributed by atoms with Crippen LogP contribution in [0.1, 0.15) is 44.4 Å². The van der Waals surface area contributed by atoms with Crippen molar-refractivity contribution in [3.05, 3.63) is 58.2 Å². The van der Waals surface area contributed by atoms with E-state index in [0.29, 0.717) is 29.4 Å². The van der Waals surface area contributed by atoms with Crippen molar-refractivity contribution in [3.63, 3.8) is 0 Å². The third-order valence-electron chi connectivity index (χ3n) is 6.15. The monoisotopic (exact) mass is 520 g/mol. The van der Waals surface area contributed by atoms with Crippen molar-refractivity contribution in [2.75, 3.05) is 18.8 Å². The predicted octanol–water partition coefficient (Wildman–Crippen LogP) is 4.62. The summed E-state index contributed by atoms with van der Waals surface area (Å²) >= 11 is 12.4. The number of piperidine rings is 1. The van der Waals surface area contributed by atoms with Gasteiger partial charge in [0.2, 0.25) is 5.91 Å². The number of hydrogen-bond acceptors (Lipinski definition) is 6. The number of nitrogens with two attached hydrogens (primary N) is 2. The number of rotatable bonds is 6. The molecule has 2 atom stereocenters. The van der Waals surface area contributed by atoms with Gasteiger partial charge in [0.25, 0.3) is 0 Å². The topological polar surface area (TPSA) is 112 Å². The number of aromatic nitrogens is 3. The molecule has 0 radical (unpaired) electrons. The van der Waals surface area contributed by atoms with E-state index in [-0.39, 0.29) is 22.8 Å². The van der Waals surface area contributed by atoms with E-state index in [2.05, 4.69) is 10.1 Å². The molecule has 0 aliphatic carbocycles. The molecule has 35 heavy (non-hydrogen) atoms. The van der Waals surface area contributed by atoms with Crippen LogP contribution in [-0.2, 0) is 4.79 Å². The van der Waals surface area contributed by atoms with Crippen molar-refractivity contribution in [2.45, 2.75) is 44.9 Å². The van der Waals surface area contributed by atoms with Gasteiger partial charge in [0.15, 0.2) is 11.6 Å². The van der Waals surface area contributed by atoms with Gasteiger partial charge in [-0.1, -0.05) is 23.2 Å². The Hall–Kier alpha value is -2.88. The Morgan fingerprint density at radius 1 is 1.20 bits per heavy atom. The van der Waals surface area contributed by atoms with Crippen molar-refractivity contribution >= 4 is 34.9 Å². The summed E-state index contributed by atoms with van der Waals surface area (Å²) in [5.41, 5.74) is 13.7. The van der Waals surface area contributed by atoms with Crippen LogP contribution < -0.4 is 16.2 Å². The minimum Gasteiger partial charge on any atom is -0.482 e. The maximum atomic E-state index is 14.0. The summed E-state index contributed by atoms with van der Waals surface area (Å²) in [4.78, 5) is 18.2. The van der Waals surface area contributed by atoms with E-state index in [1.165, 1.54) is 12.1 Å². The van der Waals surface area contributed by atoms with E-state index in [4.69, 9.17) is 39.4 Å². The third-order valence-corrected chi connectivity index (χ3v) is 6.86. The zero-order valence-electron chi connectivity index (χ0n) is 19.4. The number of ether oxygens (including phenoxy) is 1. The first-order valence-corrected chi connectivity index (χ1v) is 12.1. The van der Waals surface area contributed by atoms with Gasteiger partial charge in [0.1, 0.15) is 11.9 Å². The molecule has 1 aliphatic heterocycles.